The topological polar surface area (TPSA) is 112 Å². The molecule has 1 aromatic heterocycles. The average Bonchev–Trinajstić information content (AvgIpc) is 2.89. The number of carbonyl (C=O) groups is 2. The first kappa shape index (κ1) is 13.8. The molecule has 0 aliphatic rings. The molecule has 0 bridgehead atoms. The van der Waals surface area contributed by atoms with Crippen molar-refractivity contribution in [2.45, 2.75) is 6.54 Å². The predicted octanol–water partition coefficient (Wildman–Crippen LogP) is 1.87. The van der Waals surface area contributed by atoms with Gasteiger partial charge in [-0.25, -0.2) is 14.6 Å². The second-order valence-corrected chi connectivity index (χ2v) is 4.54. The molecule has 0 saturated carbocycles. The molecule has 0 radical (unpaired) electrons. The van der Waals surface area contributed by atoms with Gasteiger partial charge >= 0.3 is 12.0 Å². The van der Waals surface area contributed by atoms with Crippen LogP contribution in [0.3, 0.4) is 0 Å². The van der Waals surface area contributed by atoms with E-state index in [2.05, 4.69) is 15.6 Å². The molecule has 2 aromatic rings. The Hall–Kier alpha value is -2.61. The Kier molecular flexibility index (Phi) is 4.16. The van der Waals surface area contributed by atoms with Crippen LogP contribution in [0.15, 0.2) is 29.1 Å². The molecule has 1 aromatic carbocycles. The van der Waals surface area contributed by atoms with Gasteiger partial charge in [-0.2, -0.15) is 0 Å². The number of aromatic nitrogens is 1. The van der Waals surface area contributed by atoms with Gasteiger partial charge in [0.05, 0.1) is 17.7 Å². The molecule has 0 saturated heterocycles. The van der Waals surface area contributed by atoms with Crippen LogP contribution in [0.25, 0.3) is 0 Å². The third-order valence-corrected chi connectivity index (χ3v) is 3.03. The van der Waals surface area contributed by atoms with Crippen LogP contribution in [0, 0.1) is 0 Å². The number of anilines is 1. The minimum atomic E-state index is -1.23. The van der Waals surface area contributed by atoms with Crippen molar-refractivity contribution in [3.05, 3.63) is 40.3 Å². The van der Waals surface area contributed by atoms with Crippen molar-refractivity contribution in [3.8, 4) is 5.75 Å². The van der Waals surface area contributed by atoms with Crippen molar-refractivity contribution in [3.63, 3.8) is 0 Å². The van der Waals surface area contributed by atoms with Gasteiger partial charge < -0.3 is 20.8 Å². The molecule has 0 aliphatic heterocycles. The lowest BCUT2D eigenvalue weighted by Crippen LogP contribution is -2.28. The molecule has 0 unspecified atom stereocenters. The fraction of sp³-hybridized carbons (Fsp3) is 0.0833. The molecule has 2 amide bonds. The SMILES string of the molecule is O=C(NCc1cscn1)Nc1ccc(C(=O)O)c(O)c1. The average molecular weight is 293 g/mol. The number of hydrogen-bond donors (Lipinski definition) is 4. The Morgan fingerprint density at radius 2 is 2.15 bits per heavy atom. The summed E-state index contributed by atoms with van der Waals surface area (Å²) in [6, 6.07) is 3.31. The van der Waals surface area contributed by atoms with Crippen LogP contribution in [0.5, 0.6) is 5.75 Å². The number of carboxylic acids is 1. The Morgan fingerprint density at radius 1 is 1.35 bits per heavy atom. The van der Waals surface area contributed by atoms with Crippen molar-refractivity contribution in [2.75, 3.05) is 5.32 Å². The fourth-order valence-corrected chi connectivity index (χ4v) is 2.02. The first-order chi connectivity index (χ1) is 9.56. The quantitative estimate of drug-likeness (QED) is 0.687. The molecule has 8 heteroatoms. The van der Waals surface area contributed by atoms with Gasteiger partial charge in [0.15, 0.2) is 0 Å². The Bertz CT molecular complexity index is 628. The highest BCUT2D eigenvalue weighted by Gasteiger charge is 2.10. The molecule has 104 valence electrons. The van der Waals surface area contributed by atoms with Crippen LogP contribution >= 0.6 is 11.3 Å². The van der Waals surface area contributed by atoms with Gasteiger partial charge in [0.2, 0.25) is 0 Å². The Morgan fingerprint density at radius 3 is 2.75 bits per heavy atom. The molecular formula is C12H11N3O4S. The number of aromatic hydroxyl groups is 1. The number of benzene rings is 1. The number of nitrogens with one attached hydrogen (secondary N) is 2. The van der Waals surface area contributed by atoms with Crippen molar-refractivity contribution in [1.29, 1.82) is 0 Å². The van der Waals surface area contributed by atoms with Gasteiger partial charge in [-0.1, -0.05) is 0 Å². The summed E-state index contributed by atoms with van der Waals surface area (Å²) in [6.07, 6.45) is 0. The summed E-state index contributed by atoms with van der Waals surface area (Å²) in [5, 5.41) is 25.1. The van der Waals surface area contributed by atoms with Gasteiger partial charge in [0.1, 0.15) is 11.3 Å². The number of carbonyl (C=O) groups excluding carboxylic acids is 1. The van der Waals surface area contributed by atoms with Crippen LogP contribution in [0.1, 0.15) is 16.1 Å². The number of rotatable bonds is 4. The zero-order chi connectivity index (χ0) is 14.5. The third kappa shape index (κ3) is 3.45. The van der Waals surface area contributed by atoms with Gasteiger partial charge in [0, 0.05) is 17.1 Å². The number of phenols is 1. The lowest BCUT2D eigenvalue weighted by atomic mass is 10.2. The minimum absolute atomic E-state index is 0.224. The number of aromatic carboxylic acids is 1. The zero-order valence-electron chi connectivity index (χ0n) is 10.2. The summed E-state index contributed by atoms with van der Waals surface area (Å²) >= 11 is 1.43. The Labute approximate surface area is 117 Å². The molecule has 20 heavy (non-hydrogen) atoms. The normalized spacial score (nSPS) is 10.0. The number of amides is 2. The van der Waals surface area contributed by atoms with Crippen LogP contribution in [-0.2, 0) is 6.54 Å². The second kappa shape index (κ2) is 6.02. The molecule has 4 N–H and O–H groups in total. The third-order valence-electron chi connectivity index (χ3n) is 2.40. The summed E-state index contributed by atoms with van der Waals surface area (Å²) in [7, 11) is 0. The highest BCUT2D eigenvalue weighted by atomic mass is 32.1. The van der Waals surface area contributed by atoms with E-state index < -0.39 is 17.7 Å². The van der Waals surface area contributed by atoms with Crippen LogP contribution in [-0.4, -0.2) is 27.2 Å². The van der Waals surface area contributed by atoms with E-state index in [9.17, 15) is 14.7 Å². The predicted molar refractivity (Wildman–Crippen MR) is 73.0 cm³/mol. The molecule has 7 nitrogen and oxygen atoms in total. The number of thiazole rings is 1. The Balaban J connectivity index is 1.94. The summed E-state index contributed by atoms with van der Waals surface area (Å²) in [6.45, 7) is 0.286. The molecule has 0 atom stereocenters. The van der Waals surface area contributed by atoms with Crippen molar-refractivity contribution >= 4 is 29.0 Å². The van der Waals surface area contributed by atoms with Crippen LogP contribution in [0.4, 0.5) is 10.5 Å². The van der Waals surface area contributed by atoms with E-state index in [0.29, 0.717) is 5.69 Å². The summed E-state index contributed by atoms with van der Waals surface area (Å²) in [4.78, 5) is 26.3. The molecule has 0 spiro atoms. The summed E-state index contributed by atoms with van der Waals surface area (Å²) in [5.41, 5.74) is 2.48. The fourth-order valence-electron chi connectivity index (χ4n) is 1.46. The van der Waals surface area contributed by atoms with E-state index in [1.165, 1.54) is 29.5 Å². The number of hydrogen-bond acceptors (Lipinski definition) is 5. The maximum absolute atomic E-state index is 11.6. The van der Waals surface area contributed by atoms with E-state index in [0.717, 1.165) is 5.69 Å². The van der Waals surface area contributed by atoms with E-state index in [4.69, 9.17) is 5.11 Å². The molecular weight excluding hydrogens is 282 g/mol. The van der Waals surface area contributed by atoms with Crippen molar-refractivity contribution in [2.24, 2.45) is 0 Å². The van der Waals surface area contributed by atoms with Crippen LogP contribution in [0.2, 0.25) is 0 Å². The number of urea groups is 1. The van der Waals surface area contributed by atoms with Gasteiger partial charge in [0.25, 0.3) is 0 Å². The van der Waals surface area contributed by atoms with Crippen LogP contribution < -0.4 is 10.6 Å². The first-order valence-electron chi connectivity index (χ1n) is 5.54. The molecule has 0 fully saturated rings. The van der Waals surface area contributed by atoms with Crippen molar-refractivity contribution in [1.82, 2.24) is 10.3 Å². The first-order valence-corrected chi connectivity index (χ1v) is 6.49. The monoisotopic (exact) mass is 293 g/mol. The van der Waals surface area contributed by atoms with E-state index in [1.54, 1.807) is 5.51 Å². The molecule has 1 heterocycles. The summed E-state index contributed by atoms with van der Waals surface area (Å²) < 4.78 is 0. The minimum Gasteiger partial charge on any atom is -0.507 e. The maximum atomic E-state index is 11.6. The zero-order valence-corrected chi connectivity index (χ0v) is 11.0. The summed E-state index contributed by atoms with van der Waals surface area (Å²) in [5.74, 6) is -1.64. The largest absolute Gasteiger partial charge is 0.507 e. The lowest BCUT2D eigenvalue weighted by molar-refractivity contribution is 0.0694. The van der Waals surface area contributed by atoms with Gasteiger partial charge in [-0.3, -0.25) is 0 Å². The maximum Gasteiger partial charge on any atom is 0.339 e. The smallest absolute Gasteiger partial charge is 0.339 e. The molecule has 2 rings (SSSR count). The highest BCUT2D eigenvalue weighted by molar-refractivity contribution is 7.07. The standard InChI is InChI=1S/C12H11N3O4S/c16-10-3-7(1-2-9(10)11(17)18)15-12(19)13-4-8-5-20-6-14-8/h1-3,5-6,16H,4H2,(H,17,18)(H2,13,15,19). The highest BCUT2D eigenvalue weighted by Crippen LogP contribution is 2.21. The second-order valence-electron chi connectivity index (χ2n) is 3.82. The molecule has 0 aliphatic carbocycles. The van der Waals surface area contributed by atoms with Gasteiger partial charge in [-0.05, 0) is 12.1 Å². The van der Waals surface area contributed by atoms with E-state index >= 15 is 0 Å². The van der Waals surface area contributed by atoms with E-state index in [1.807, 2.05) is 5.38 Å². The van der Waals surface area contributed by atoms with E-state index in [-0.39, 0.29) is 12.1 Å². The lowest BCUT2D eigenvalue weighted by Gasteiger charge is -2.08. The number of carboxylic acid groups (broad SMARTS) is 1. The van der Waals surface area contributed by atoms with Gasteiger partial charge in [-0.15, -0.1) is 11.3 Å². The number of nitrogens with zero attached hydrogens (tertiary/aromatic N) is 1. The van der Waals surface area contributed by atoms with Crippen molar-refractivity contribution < 1.29 is 19.8 Å².